The zero-order chi connectivity index (χ0) is 19.4. The van der Waals surface area contributed by atoms with Crippen molar-refractivity contribution in [2.24, 2.45) is 0 Å². The van der Waals surface area contributed by atoms with Gasteiger partial charge in [-0.2, -0.15) is 0 Å². The number of aryl methyl sites for hydroxylation is 2. The van der Waals surface area contributed by atoms with Crippen LogP contribution in [0.1, 0.15) is 45.1 Å². The molecule has 0 amide bonds. The molecule has 3 rings (SSSR count). The second-order valence-electron chi connectivity index (χ2n) is 7.02. The first-order valence-electron chi connectivity index (χ1n) is 9.22. The fourth-order valence-electron chi connectivity index (χ4n) is 3.53. The van der Waals surface area contributed by atoms with Gasteiger partial charge in [-0.15, -0.1) is 0 Å². The Balaban J connectivity index is 1.71. The Bertz CT molecular complexity index is 808. The van der Waals surface area contributed by atoms with E-state index in [0.29, 0.717) is 25.3 Å². The Labute approximate surface area is 159 Å². The normalized spacial score (nSPS) is 17.6. The Hall–Kier alpha value is -2.50. The van der Waals surface area contributed by atoms with E-state index in [1.807, 2.05) is 56.3 Å². The first kappa shape index (κ1) is 19.3. The fraction of sp³-hybridized carbons (Fsp3) is 0.364. The van der Waals surface area contributed by atoms with Gasteiger partial charge in [0.15, 0.2) is 5.78 Å². The SMILES string of the molecule is Cc1cccc(C)c1C(=O)c1ccc(C2CN(CCC(=O)O)CCO2)cc1. The van der Waals surface area contributed by atoms with Gasteiger partial charge in [0, 0.05) is 30.8 Å². The molecule has 2 aromatic carbocycles. The van der Waals surface area contributed by atoms with Crippen LogP contribution in [0.2, 0.25) is 0 Å². The number of carbonyl (C=O) groups excluding carboxylic acids is 1. The maximum Gasteiger partial charge on any atom is 0.304 e. The van der Waals surface area contributed by atoms with Gasteiger partial charge in [-0.05, 0) is 30.5 Å². The van der Waals surface area contributed by atoms with Crippen molar-refractivity contribution in [3.8, 4) is 0 Å². The molecule has 1 aliphatic rings. The van der Waals surface area contributed by atoms with Gasteiger partial charge in [0.05, 0.1) is 19.1 Å². The number of morpholine rings is 1. The van der Waals surface area contributed by atoms with E-state index in [1.54, 1.807) is 0 Å². The minimum atomic E-state index is -0.785. The zero-order valence-corrected chi connectivity index (χ0v) is 15.8. The third-order valence-electron chi connectivity index (χ3n) is 5.05. The minimum absolute atomic E-state index is 0.0322. The Morgan fingerprint density at radius 1 is 1.11 bits per heavy atom. The van der Waals surface area contributed by atoms with Crippen LogP contribution < -0.4 is 0 Å². The number of carboxylic acid groups (broad SMARTS) is 1. The van der Waals surface area contributed by atoms with E-state index in [4.69, 9.17) is 9.84 Å². The highest BCUT2D eigenvalue weighted by atomic mass is 16.5. The van der Waals surface area contributed by atoms with Gasteiger partial charge >= 0.3 is 5.97 Å². The average Bonchev–Trinajstić information content (AvgIpc) is 2.66. The highest BCUT2D eigenvalue weighted by molar-refractivity contribution is 6.10. The van der Waals surface area contributed by atoms with Gasteiger partial charge < -0.3 is 9.84 Å². The molecule has 1 fully saturated rings. The third kappa shape index (κ3) is 4.62. The molecule has 0 aliphatic carbocycles. The number of hydrogen-bond donors (Lipinski definition) is 1. The Morgan fingerprint density at radius 2 is 1.78 bits per heavy atom. The number of nitrogens with zero attached hydrogens (tertiary/aromatic N) is 1. The van der Waals surface area contributed by atoms with Crippen LogP contribution in [0.25, 0.3) is 0 Å². The molecule has 5 heteroatoms. The van der Waals surface area contributed by atoms with E-state index in [1.165, 1.54) is 0 Å². The van der Waals surface area contributed by atoms with E-state index in [0.717, 1.165) is 28.8 Å². The van der Waals surface area contributed by atoms with Crippen molar-refractivity contribution in [1.82, 2.24) is 4.90 Å². The monoisotopic (exact) mass is 367 g/mol. The largest absolute Gasteiger partial charge is 0.481 e. The van der Waals surface area contributed by atoms with Crippen molar-refractivity contribution in [1.29, 1.82) is 0 Å². The lowest BCUT2D eigenvalue weighted by atomic mass is 9.94. The summed E-state index contributed by atoms with van der Waals surface area (Å²) in [5, 5.41) is 8.85. The molecule has 1 aliphatic heterocycles. The molecule has 27 heavy (non-hydrogen) atoms. The molecule has 1 saturated heterocycles. The fourth-order valence-corrected chi connectivity index (χ4v) is 3.53. The second kappa shape index (κ2) is 8.46. The minimum Gasteiger partial charge on any atom is -0.481 e. The number of benzene rings is 2. The Morgan fingerprint density at radius 3 is 2.41 bits per heavy atom. The van der Waals surface area contributed by atoms with E-state index >= 15 is 0 Å². The number of ether oxygens (including phenoxy) is 1. The molecular formula is C22H25NO4. The quantitative estimate of drug-likeness (QED) is 0.793. The smallest absolute Gasteiger partial charge is 0.304 e. The van der Waals surface area contributed by atoms with Crippen LogP contribution in [0.4, 0.5) is 0 Å². The van der Waals surface area contributed by atoms with E-state index in [-0.39, 0.29) is 18.3 Å². The van der Waals surface area contributed by atoms with E-state index in [2.05, 4.69) is 4.90 Å². The van der Waals surface area contributed by atoms with E-state index < -0.39 is 5.97 Å². The predicted octanol–water partition coefficient (Wildman–Crippen LogP) is 3.38. The van der Waals surface area contributed by atoms with Crippen LogP contribution in [0, 0.1) is 13.8 Å². The number of aliphatic carboxylic acids is 1. The van der Waals surface area contributed by atoms with Crippen LogP contribution >= 0.6 is 0 Å². The van der Waals surface area contributed by atoms with Gasteiger partial charge in [0.25, 0.3) is 0 Å². The number of rotatable bonds is 6. The van der Waals surface area contributed by atoms with Crippen molar-refractivity contribution >= 4 is 11.8 Å². The summed E-state index contributed by atoms with van der Waals surface area (Å²) in [4.78, 5) is 25.8. The molecule has 0 spiro atoms. The molecule has 1 heterocycles. The zero-order valence-electron chi connectivity index (χ0n) is 15.8. The first-order valence-corrected chi connectivity index (χ1v) is 9.22. The number of carboxylic acids is 1. The van der Waals surface area contributed by atoms with Gasteiger partial charge in [-0.1, -0.05) is 42.5 Å². The van der Waals surface area contributed by atoms with Crippen LogP contribution in [-0.2, 0) is 9.53 Å². The Kier molecular flexibility index (Phi) is 6.04. The molecule has 5 nitrogen and oxygen atoms in total. The lowest BCUT2D eigenvalue weighted by Crippen LogP contribution is -2.39. The van der Waals surface area contributed by atoms with Crippen LogP contribution in [0.5, 0.6) is 0 Å². The van der Waals surface area contributed by atoms with Crippen LogP contribution in [0.3, 0.4) is 0 Å². The molecule has 0 radical (unpaired) electrons. The molecule has 142 valence electrons. The summed E-state index contributed by atoms with van der Waals surface area (Å²) in [7, 11) is 0. The standard InChI is InChI=1S/C22H25NO4/c1-15-4-3-5-16(2)21(15)22(26)18-8-6-17(7-9-18)19-14-23(12-13-27-19)11-10-20(24)25/h3-9,19H,10-14H2,1-2H3,(H,24,25). The lowest BCUT2D eigenvalue weighted by molar-refractivity contribution is -0.137. The molecule has 1 unspecified atom stereocenters. The van der Waals surface area contributed by atoms with Crippen molar-refractivity contribution < 1.29 is 19.4 Å². The molecule has 2 aromatic rings. The van der Waals surface area contributed by atoms with Crippen molar-refractivity contribution in [3.05, 3.63) is 70.3 Å². The highest BCUT2D eigenvalue weighted by Crippen LogP contribution is 2.24. The number of carbonyl (C=O) groups is 2. The summed E-state index contributed by atoms with van der Waals surface area (Å²) in [6, 6.07) is 13.4. The molecular weight excluding hydrogens is 342 g/mol. The maximum absolute atomic E-state index is 12.9. The first-order chi connectivity index (χ1) is 13.0. The summed E-state index contributed by atoms with van der Waals surface area (Å²) in [5.74, 6) is -0.753. The van der Waals surface area contributed by atoms with Gasteiger partial charge in [-0.3, -0.25) is 14.5 Å². The highest BCUT2D eigenvalue weighted by Gasteiger charge is 2.23. The maximum atomic E-state index is 12.9. The number of hydrogen-bond acceptors (Lipinski definition) is 4. The van der Waals surface area contributed by atoms with Crippen LogP contribution in [-0.4, -0.2) is 48.0 Å². The summed E-state index contributed by atoms with van der Waals surface area (Å²) in [6.45, 7) is 6.42. The van der Waals surface area contributed by atoms with Crippen LogP contribution in [0.15, 0.2) is 42.5 Å². The van der Waals surface area contributed by atoms with Gasteiger partial charge in [-0.25, -0.2) is 0 Å². The molecule has 0 aromatic heterocycles. The predicted molar refractivity (Wildman–Crippen MR) is 103 cm³/mol. The third-order valence-corrected chi connectivity index (χ3v) is 5.05. The molecule has 1 N–H and O–H groups in total. The second-order valence-corrected chi connectivity index (χ2v) is 7.02. The summed E-state index contributed by atoms with van der Waals surface area (Å²) < 4.78 is 5.85. The van der Waals surface area contributed by atoms with E-state index in [9.17, 15) is 9.59 Å². The average molecular weight is 367 g/mol. The molecule has 0 saturated carbocycles. The van der Waals surface area contributed by atoms with Gasteiger partial charge in [0.2, 0.25) is 0 Å². The summed E-state index contributed by atoms with van der Waals surface area (Å²) >= 11 is 0. The summed E-state index contributed by atoms with van der Waals surface area (Å²) in [5.41, 5.74) is 4.39. The van der Waals surface area contributed by atoms with Crippen molar-refractivity contribution in [2.75, 3.05) is 26.2 Å². The molecule has 0 bridgehead atoms. The van der Waals surface area contributed by atoms with Gasteiger partial charge in [0.1, 0.15) is 0 Å². The van der Waals surface area contributed by atoms with Crippen molar-refractivity contribution in [3.63, 3.8) is 0 Å². The number of ketones is 1. The molecule has 1 atom stereocenters. The summed E-state index contributed by atoms with van der Waals surface area (Å²) in [6.07, 6.45) is 0.0348. The lowest BCUT2D eigenvalue weighted by Gasteiger charge is -2.32. The van der Waals surface area contributed by atoms with Crippen molar-refractivity contribution in [2.45, 2.75) is 26.4 Å². The topological polar surface area (TPSA) is 66.8 Å².